The average Bonchev–Trinajstić information content (AvgIpc) is 2.36. The van der Waals surface area contributed by atoms with E-state index in [0.717, 1.165) is 6.42 Å². The summed E-state index contributed by atoms with van der Waals surface area (Å²) in [7, 11) is 0. The van der Waals surface area contributed by atoms with Crippen LogP contribution in [-0.4, -0.2) is 17.3 Å². The first-order chi connectivity index (χ1) is 8.26. The topological polar surface area (TPSA) is 29.5 Å². The summed E-state index contributed by atoms with van der Waals surface area (Å²) in [6.07, 6.45) is 3.74. The van der Waals surface area contributed by atoms with Gasteiger partial charge in [0.1, 0.15) is 0 Å². The predicted octanol–water partition coefficient (Wildman–Crippen LogP) is 3.31. The molecule has 94 valence electrons. The van der Waals surface area contributed by atoms with Gasteiger partial charge in [0.2, 0.25) is 0 Å². The third-order valence-corrected chi connectivity index (χ3v) is 2.76. The number of ether oxygens (including phenoxy) is 1. The molecule has 0 amide bonds. The lowest BCUT2D eigenvalue weighted by molar-refractivity contribution is 0.00280. The first kappa shape index (κ1) is 13.9. The second kappa shape index (κ2) is 8.04. The minimum atomic E-state index is -0.340. The van der Waals surface area contributed by atoms with E-state index in [-0.39, 0.29) is 12.2 Å². The number of aliphatic hydroxyl groups is 1. The highest BCUT2D eigenvalue weighted by Gasteiger charge is 2.12. The van der Waals surface area contributed by atoms with Crippen molar-refractivity contribution in [2.24, 2.45) is 0 Å². The summed E-state index contributed by atoms with van der Waals surface area (Å²) in [5, 5.41) is 9.70. The van der Waals surface area contributed by atoms with Crippen molar-refractivity contribution in [3.8, 4) is 0 Å². The Morgan fingerprint density at radius 3 is 2.65 bits per heavy atom. The van der Waals surface area contributed by atoms with Crippen LogP contribution in [0.2, 0.25) is 0 Å². The molecule has 0 fully saturated rings. The largest absolute Gasteiger partial charge is 0.393 e. The Kier molecular flexibility index (Phi) is 6.60. The monoisotopic (exact) mass is 234 g/mol. The average molecular weight is 234 g/mol. The molecule has 0 aliphatic heterocycles. The third-order valence-electron chi connectivity index (χ3n) is 2.76. The van der Waals surface area contributed by atoms with E-state index in [0.29, 0.717) is 19.4 Å². The Morgan fingerprint density at radius 1 is 1.35 bits per heavy atom. The van der Waals surface area contributed by atoms with Crippen molar-refractivity contribution in [1.29, 1.82) is 0 Å². The summed E-state index contributed by atoms with van der Waals surface area (Å²) >= 11 is 0. The van der Waals surface area contributed by atoms with Crippen molar-refractivity contribution in [2.45, 2.75) is 45.0 Å². The van der Waals surface area contributed by atoms with Crippen molar-refractivity contribution in [1.82, 2.24) is 0 Å². The standard InChI is InChI=1S/C15H22O2/c1-3-8-14(16)11-15(4-2)17-12-13-9-6-5-7-10-13/h3,5-7,9-10,14-16H,1,4,8,11-12H2,2H3/t14-,15-/m1/s1. The van der Waals surface area contributed by atoms with Crippen LogP contribution in [0.5, 0.6) is 0 Å². The molecular formula is C15H22O2. The van der Waals surface area contributed by atoms with Gasteiger partial charge in [0.15, 0.2) is 0 Å². The van der Waals surface area contributed by atoms with Gasteiger partial charge in [-0.25, -0.2) is 0 Å². The van der Waals surface area contributed by atoms with Crippen LogP contribution in [0.4, 0.5) is 0 Å². The van der Waals surface area contributed by atoms with Crippen molar-refractivity contribution in [3.05, 3.63) is 48.6 Å². The van der Waals surface area contributed by atoms with Crippen LogP contribution in [0.1, 0.15) is 31.7 Å². The molecule has 1 rings (SSSR count). The minimum Gasteiger partial charge on any atom is -0.393 e. The van der Waals surface area contributed by atoms with E-state index in [1.165, 1.54) is 5.56 Å². The van der Waals surface area contributed by atoms with Gasteiger partial charge in [0.25, 0.3) is 0 Å². The van der Waals surface area contributed by atoms with Crippen LogP contribution in [0.25, 0.3) is 0 Å². The summed E-state index contributed by atoms with van der Waals surface area (Å²) < 4.78 is 5.80. The highest BCUT2D eigenvalue weighted by Crippen LogP contribution is 2.12. The van der Waals surface area contributed by atoms with E-state index in [4.69, 9.17) is 4.74 Å². The van der Waals surface area contributed by atoms with Crippen LogP contribution >= 0.6 is 0 Å². The molecule has 2 atom stereocenters. The highest BCUT2D eigenvalue weighted by molar-refractivity contribution is 5.13. The number of hydrogen-bond acceptors (Lipinski definition) is 2. The van der Waals surface area contributed by atoms with Gasteiger partial charge in [-0.1, -0.05) is 43.3 Å². The maximum absolute atomic E-state index is 9.70. The van der Waals surface area contributed by atoms with Gasteiger partial charge in [-0.15, -0.1) is 6.58 Å². The molecule has 0 heterocycles. The van der Waals surface area contributed by atoms with E-state index >= 15 is 0 Å². The summed E-state index contributed by atoms with van der Waals surface area (Å²) in [6.45, 7) is 6.32. The SMILES string of the molecule is C=CC[C@@H](O)C[C@@H](CC)OCc1ccccc1. The predicted molar refractivity (Wildman–Crippen MR) is 70.7 cm³/mol. The highest BCUT2D eigenvalue weighted by atomic mass is 16.5. The molecule has 0 saturated heterocycles. The smallest absolute Gasteiger partial charge is 0.0720 e. The summed E-state index contributed by atoms with van der Waals surface area (Å²) in [6, 6.07) is 10.1. The molecule has 0 saturated carbocycles. The van der Waals surface area contributed by atoms with Crippen molar-refractivity contribution in [2.75, 3.05) is 0 Å². The minimum absolute atomic E-state index is 0.116. The summed E-state index contributed by atoms with van der Waals surface area (Å²) in [5.74, 6) is 0. The van der Waals surface area contributed by atoms with Crippen molar-refractivity contribution < 1.29 is 9.84 Å². The Labute approximate surface area is 104 Å². The lowest BCUT2D eigenvalue weighted by Crippen LogP contribution is -2.19. The van der Waals surface area contributed by atoms with Crippen LogP contribution in [0, 0.1) is 0 Å². The fraction of sp³-hybridized carbons (Fsp3) is 0.467. The molecule has 0 aliphatic carbocycles. The normalized spacial score (nSPS) is 14.2. The summed E-state index contributed by atoms with van der Waals surface area (Å²) in [4.78, 5) is 0. The number of aliphatic hydroxyl groups excluding tert-OH is 1. The van der Waals surface area contributed by atoms with E-state index in [2.05, 4.69) is 13.5 Å². The van der Waals surface area contributed by atoms with Crippen molar-refractivity contribution >= 4 is 0 Å². The maximum Gasteiger partial charge on any atom is 0.0720 e. The Bertz CT molecular complexity index is 308. The second-order valence-electron chi connectivity index (χ2n) is 4.24. The Hall–Kier alpha value is -1.12. The van der Waals surface area contributed by atoms with E-state index in [1.54, 1.807) is 6.08 Å². The summed E-state index contributed by atoms with van der Waals surface area (Å²) in [5.41, 5.74) is 1.17. The van der Waals surface area contributed by atoms with Gasteiger partial charge in [-0.3, -0.25) is 0 Å². The second-order valence-corrected chi connectivity index (χ2v) is 4.24. The molecule has 0 spiro atoms. The molecule has 0 aromatic heterocycles. The van der Waals surface area contributed by atoms with Gasteiger partial charge >= 0.3 is 0 Å². The van der Waals surface area contributed by atoms with E-state index < -0.39 is 0 Å². The first-order valence-corrected chi connectivity index (χ1v) is 6.20. The Balaban J connectivity index is 2.34. The molecule has 0 unspecified atom stereocenters. The molecule has 0 aliphatic rings. The molecule has 2 nitrogen and oxygen atoms in total. The van der Waals surface area contributed by atoms with Gasteiger partial charge < -0.3 is 9.84 Å². The Morgan fingerprint density at radius 2 is 2.06 bits per heavy atom. The lowest BCUT2D eigenvalue weighted by atomic mass is 10.1. The lowest BCUT2D eigenvalue weighted by Gasteiger charge is -2.19. The fourth-order valence-corrected chi connectivity index (χ4v) is 1.73. The molecule has 1 N–H and O–H groups in total. The van der Waals surface area contributed by atoms with Crippen LogP contribution < -0.4 is 0 Å². The van der Waals surface area contributed by atoms with Crippen LogP contribution in [-0.2, 0) is 11.3 Å². The van der Waals surface area contributed by atoms with Crippen LogP contribution in [0.15, 0.2) is 43.0 Å². The molecular weight excluding hydrogens is 212 g/mol. The molecule has 1 aromatic carbocycles. The molecule has 2 heteroatoms. The maximum atomic E-state index is 9.70. The quantitative estimate of drug-likeness (QED) is 0.699. The molecule has 0 bridgehead atoms. The molecule has 17 heavy (non-hydrogen) atoms. The number of benzene rings is 1. The molecule has 0 radical (unpaired) electrons. The third kappa shape index (κ3) is 5.66. The van der Waals surface area contributed by atoms with E-state index in [1.807, 2.05) is 30.3 Å². The van der Waals surface area contributed by atoms with Gasteiger partial charge in [0, 0.05) is 0 Å². The zero-order chi connectivity index (χ0) is 12.5. The van der Waals surface area contributed by atoms with Crippen LogP contribution in [0.3, 0.4) is 0 Å². The number of rotatable bonds is 8. The van der Waals surface area contributed by atoms with E-state index in [9.17, 15) is 5.11 Å². The van der Waals surface area contributed by atoms with Crippen molar-refractivity contribution in [3.63, 3.8) is 0 Å². The van der Waals surface area contributed by atoms with Gasteiger partial charge in [0.05, 0.1) is 18.8 Å². The zero-order valence-electron chi connectivity index (χ0n) is 10.5. The fourth-order valence-electron chi connectivity index (χ4n) is 1.73. The molecule has 1 aromatic rings. The number of hydrogen-bond donors (Lipinski definition) is 1. The zero-order valence-corrected chi connectivity index (χ0v) is 10.5. The first-order valence-electron chi connectivity index (χ1n) is 6.20. The van der Waals surface area contributed by atoms with Gasteiger partial charge in [-0.05, 0) is 24.8 Å². The van der Waals surface area contributed by atoms with Gasteiger partial charge in [-0.2, -0.15) is 0 Å².